The summed E-state index contributed by atoms with van der Waals surface area (Å²) in [5, 5.41) is 3.06. The highest BCUT2D eigenvalue weighted by Gasteiger charge is 2.64. The molecule has 8 rings (SSSR count). The maximum atomic E-state index is 13.2. The van der Waals surface area contributed by atoms with Gasteiger partial charge in [0.05, 0.1) is 0 Å². The number of nitrogens with zero attached hydrogens (tertiary/aromatic N) is 3. The molecule has 5 fully saturated rings. The Morgan fingerprint density at radius 3 is 2.56 bits per heavy atom. The number of piperidine rings is 2. The van der Waals surface area contributed by atoms with Gasteiger partial charge in [-0.05, 0) is 65.7 Å². The van der Waals surface area contributed by atoms with Crippen LogP contribution in [-0.4, -0.2) is 45.3 Å². The molecule has 3 saturated carbocycles. The van der Waals surface area contributed by atoms with E-state index in [1.807, 2.05) is 27.7 Å². The third kappa shape index (κ3) is 3.11. The van der Waals surface area contributed by atoms with Crippen molar-refractivity contribution in [3.8, 4) is 11.1 Å². The van der Waals surface area contributed by atoms with Crippen LogP contribution in [-0.2, 0) is 22.6 Å². The summed E-state index contributed by atoms with van der Waals surface area (Å²) in [4.78, 5) is 43.4. The molecule has 4 bridgehead atoms. The maximum absolute atomic E-state index is 13.2. The molecule has 0 spiro atoms. The van der Waals surface area contributed by atoms with Crippen LogP contribution in [0.4, 0.5) is 5.82 Å². The van der Waals surface area contributed by atoms with Crippen LogP contribution < -0.4 is 11.1 Å². The second-order valence-electron chi connectivity index (χ2n) is 11.4. The normalized spacial score (nSPS) is 30.0. The van der Waals surface area contributed by atoms with Gasteiger partial charge in [0.2, 0.25) is 11.8 Å². The largest absolute Gasteiger partial charge is 0.364 e. The lowest BCUT2D eigenvalue weighted by atomic mass is 9.59. The fourth-order valence-electron chi connectivity index (χ4n) is 7.33. The summed E-state index contributed by atoms with van der Waals surface area (Å²) >= 11 is 0. The first-order valence-electron chi connectivity index (χ1n) is 12.2. The number of primary amides is 1. The summed E-state index contributed by atoms with van der Waals surface area (Å²) < 4.78 is 2.03. The molecule has 6 aliphatic rings. The summed E-state index contributed by atoms with van der Waals surface area (Å²) in [6, 6.07) is 5.67. The predicted molar refractivity (Wildman–Crippen MR) is 127 cm³/mol. The van der Waals surface area contributed by atoms with Gasteiger partial charge in [-0.15, -0.1) is 0 Å². The van der Waals surface area contributed by atoms with Crippen LogP contribution in [0.1, 0.15) is 43.4 Å². The Morgan fingerprint density at radius 1 is 1.15 bits per heavy atom. The lowest BCUT2D eigenvalue weighted by molar-refractivity contribution is -0.143. The summed E-state index contributed by atoms with van der Waals surface area (Å²) in [7, 11) is 0. The Kier molecular flexibility index (Phi) is 4.51. The Labute approximate surface area is 198 Å². The molecular formula is C26H31N5O3. The smallest absolute Gasteiger partial charge is 0.265 e. The van der Waals surface area contributed by atoms with Gasteiger partial charge in [0.25, 0.3) is 5.91 Å². The molecule has 0 radical (unpaired) electrons. The molecule has 5 atom stereocenters. The molecule has 8 heteroatoms. The molecule has 2 saturated heterocycles. The molecule has 2 aromatic heterocycles. The van der Waals surface area contributed by atoms with Gasteiger partial charge in [-0.25, -0.2) is 4.98 Å². The Balaban J connectivity index is 1.21. The maximum Gasteiger partial charge on any atom is 0.265 e. The monoisotopic (exact) mass is 461 g/mol. The van der Waals surface area contributed by atoms with Crippen LogP contribution in [0, 0.1) is 35.0 Å². The first-order chi connectivity index (χ1) is 16.1. The van der Waals surface area contributed by atoms with Gasteiger partial charge in [0, 0.05) is 49.9 Å². The molecule has 2 unspecified atom stereocenters. The highest BCUT2D eigenvalue weighted by atomic mass is 16.2. The summed E-state index contributed by atoms with van der Waals surface area (Å²) in [5.74, 6) is 2.10. The second kappa shape index (κ2) is 7.17. The highest BCUT2D eigenvalue weighted by molar-refractivity contribution is 5.95. The van der Waals surface area contributed by atoms with Crippen molar-refractivity contribution in [2.24, 2.45) is 40.7 Å². The van der Waals surface area contributed by atoms with Crippen molar-refractivity contribution in [1.29, 1.82) is 0 Å². The number of aromatic nitrogens is 2. The number of nitrogens with one attached hydrogen (secondary N) is 1. The molecule has 3 N–H and O–H groups in total. The van der Waals surface area contributed by atoms with Gasteiger partial charge >= 0.3 is 0 Å². The summed E-state index contributed by atoms with van der Waals surface area (Å²) in [6.07, 6.45) is 3.46. The fraction of sp³-hybridized carbons (Fsp3) is 0.538. The number of carbonyl (C=O) groups is 3. The minimum Gasteiger partial charge on any atom is -0.364 e. The average Bonchev–Trinajstić information content (AvgIpc) is 3.51. The molecule has 34 heavy (non-hydrogen) atoms. The van der Waals surface area contributed by atoms with Gasteiger partial charge in [-0.1, -0.05) is 13.8 Å². The van der Waals surface area contributed by atoms with Crippen molar-refractivity contribution in [3.63, 3.8) is 0 Å². The first-order valence-corrected chi connectivity index (χ1v) is 12.2. The van der Waals surface area contributed by atoms with Gasteiger partial charge in [0.15, 0.2) is 0 Å². The molecule has 178 valence electrons. The Morgan fingerprint density at radius 2 is 1.88 bits per heavy atom. The van der Waals surface area contributed by atoms with E-state index in [4.69, 9.17) is 5.73 Å². The van der Waals surface area contributed by atoms with Crippen LogP contribution in [0.15, 0.2) is 24.4 Å². The SMILES string of the molecule is CC(=O)N1C[C@@H]2C3C[C@@H](C(=O)Nc4cc(-c5cc(C(N)=O)n6c5CC(C)(C)C6)ccn4)C2[C@H]3C1. The van der Waals surface area contributed by atoms with Crippen molar-refractivity contribution < 1.29 is 14.4 Å². The number of hydrogen-bond acceptors (Lipinski definition) is 4. The fourth-order valence-corrected chi connectivity index (χ4v) is 7.33. The number of rotatable bonds is 4. The topological polar surface area (TPSA) is 110 Å². The zero-order chi connectivity index (χ0) is 23.9. The number of hydrogen-bond donors (Lipinski definition) is 2. The van der Waals surface area contributed by atoms with Gasteiger partial charge in [-0.3, -0.25) is 14.4 Å². The van der Waals surface area contributed by atoms with Crippen LogP contribution in [0.5, 0.6) is 0 Å². The number of carbonyl (C=O) groups excluding carboxylic acids is 3. The van der Waals surface area contributed by atoms with Crippen molar-refractivity contribution in [2.45, 2.75) is 40.2 Å². The average molecular weight is 462 g/mol. The van der Waals surface area contributed by atoms with Gasteiger partial charge in [-0.2, -0.15) is 0 Å². The van der Waals surface area contributed by atoms with E-state index in [2.05, 4.69) is 24.1 Å². The lowest BCUT2D eigenvalue weighted by Gasteiger charge is -2.54. The summed E-state index contributed by atoms with van der Waals surface area (Å²) in [6.45, 7) is 8.33. The molecule has 5 heterocycles. The Bertz CT molecular complexity index is 1220. The number of nitrogens with two attached hydrogens (primary N) is 1. The van der Waals surface area contributed by atoms with Crippen molar-refractivity contribution in [2.75, 3.05) is 18.4 Å². The number of fused-ring (bicyclic) bond motifs is 4. The molecule has 8 nitrogen and oxygen atoms in total. The van der Waals surface area contributed by atoms with E-state index in [1.165, 1.54) is 0 Å². The van der Waals surface area contributed by atoms with Crippen LogP contribution in [0.3, 0.4) is 0 Å². The van der Waals surface area contributed by atoms with Crippen LogP contribution in [0.25, 0.3) is 11.1 Å². The zero-order valence-electron chi connectivity index (χ0n) is 19.9. The number of amides is 3. The van der Waals surface area contributed by atoms with E-state index in [0.717, 1.165) is 49.3 Å². The number of pyridine rings is 1. The molecule has 2 aromatic rings. The van der Waals surface area contributed by atoms with E-state index in [1.54, 1.807) is 13.1 Å². The molecule has 0 aromatic carbocycles. The third-order valence-electron chi connectivity index (χ3n) is 8.74. The van der Waals surface area contributed by atoms with E-state index >= 15 is 0 Å². The minimum absolute atomic E-state index is 0.0134. The summed E-state index contributed by atoms with van der Waals surface area (Å²) in [5.41, 5.74) is 9.23. The zero-order valence-corrected chi connectivity index (χ0v) is 19.9. The molecule has 3 aliphatic heterocycles. The van der Waals surface area contributed by atoms with Crippen LogP contribution in [0.2, 0.25) is 0 Å². The molecule has 3 aliphatic carbocycles. The van der Waals surface area contributed by atoms with E-state index < -0.39 is 5.91 Å². The second-order valence-corrected chi connectivity index (χ2v) is 11.4. The number of anilines is 1. The van der Waals surface area contributed by atoms with Crippen molar-refractivity contribution in [3.05, 3.63) is 35.8 Å². The first kappa shape index (κ1) is 21.4. The molecular weight excluding hydrogens is 430 g/mol. The lowest BCUT2D eigenvalue weighted by Crippen LogP contribution is -2.59. The van der Waals surface area contributed by atoms with Crippen LogP contribution >= 0.6 is 0 Å². The minimum atomic E-state index is -0.429. The van der Waals surface area contributed by atoms with E-state index in [0.29, 0.717) is 35.2 Å². The van der Waals surface area contributed by atoms with Crippen molar-refractivity contribution in [1.82, 2.24) is 14.5 Å². The molecule has 3 amide bonds. The Hall–Kier alpha value is -3.16. The predicted octanol–water partition coefficient (Wildman–Crippen LogP) is 2.53. The van der Waals surface area contributed by atoms with Crippen molar-refractivity contribution >= 4 is 23.5 Å². The third-order valence-corrected chi connectivity index (χ3v) is 8.74. The van der Waals surface area contributed by atoms with E-state index in [-0.39, 0.29) is 23.1 Å². The van der Waals surface area contributed by atoms with Gasteiger partial charge in [0.1, 0.15) is 11.5 Å². The highest BCUT2D eigenvalue weighted by Crippen LogP contribution is 2.63. The van der Waals surface area contributed by atoms with E-state index in [9.17, 15) is 14.4 Å². The standard InChI is InChI=1S/C26H31N5O3/c1-13(32)30-10-18-16-7-17(23(18)19(16)11-30)25(34)29-22-6-14(4-5-28-22)15-8-20(24(27)33)31-12-26(2,3)9-21(15)31/h4-6,8,16-19,23H,7,9-12H2,1-3H3,(H2,27,33)(H,28,29,34)/t16?,17-,18-,19+,23?/m1/s1. The van der Waals surface area contributed by atoms with Gasteiger partial charge < -0.3 is 20.5 Å². The quantitative estimate of drug-likeness (QED) is 0.729.